The molecule has 1 heterocycles. The lowest BCUT2D eigenvalue weighted by atomic mass is 10.1. The van der Waals surface area contributed by atoms with Crippen molar-refractivity contribution in [3.05, 3.63) is 0 Å². The molecular formula is C13H25NO3. The van der Waals surface area contributed by atoms with Crippen molar-refractivity contribution >= 4 is 5.97 Å². The summed E-state index contributed by atoms with van der Waals surface area (Å²) in [7, 11) is 0. The molecule has 0 spiro atoms. The zero-order valence-corrected chi connectivity index (χ0v) is 11.4. The highest BCUT2D eigenvalue weighted by Gasteiger charge is 2.32. The Balaban J connectivity index is 2.65. The molecule has 0 aromatic carbocycles. The largest absolute Gasteiger partial charge is 0.465 e. The third-order valence-corrected chi connectivity index (χ3v) is 3.01. The Kier molecular flexibility index (Phi) is 5.92. The third kappa shape index (κ3) is 4.28. The molecule has 3 atom stereocenters. The Hall–Kier alpha value is -0.610. The van der Waals surface area contributed by atoms with Crippen LogP contribution in [0.4, 0.5) is 0 Å². The molecule has 4 nitrogen and oxygen atoms in total. The van der Waals surface area contributed by atoms with Crippen LogP contribution in [0.3, 0.4) is 0 Å². The summed E-state index contributed by atoms with van der Waals surface area (Å²) in [6, 6.07) is -0.103. The number of nitrogens with zero attached hydrogens (tertiary/aromatic N) is 1. The maximum absolute atomic E-state index is 11.9. The standard InChI is InChI=1S/C13H25NO3/c1-5-7-12(13(15)16-6-2)14-8-10(3)17-11(4)9-14/h10-12H,5-9H2,1-4H3. The molecule has 17 heavy (non-hydrogen) atoms. The van der Waals surface area contributed by atoms with Crippen molar-refractivity contribution in [1.29, 1.82) is 0 Å². The van der Waals surface area contributed by atoms with E-state index in [9.17, 15) is 4.79 Å². The number of esters is 1. The minimum atomic E-state index is -0.103. The molecule has 3 unspecified atom stereocenters. The van der Waals surface area contributed by atoms with Crippen molar-refractivity contribution in [1.82, 2.24) is 4.90 Å². The van der Waals surface area contributed by atoms with Gasteiger partial charge in [-0.1, -0.05) is 13.3 Å². The Labute approximate surface area is 104 Å². The molecule has 0 aromatic rings. The van der Waals surface area contributed by atoms with Gasteiger partial charge < -0.3 is 9.47 Å². The van der Waals surface area contributed by atoms with Gasteiger partial charge in [-0.05, 0) is 27.2 Å². The smallest absolute Gasteiger partial charge is 0.323 e. The average molecular weight is 243 g/mol. The van der Waals surface area contributed by atoms with Crippen molar-refractivity contribution in [2.24, 2.45) is 0 Å². The van der Waals surface area contributed by atoms with Gasteiger partial charge in [-0.3, -0.25) is 9.69 Å². The van der Waals surface area contributed by atoms with E-state index in [1.807, 2.05) is 6.92 Å². The maximum atomic E-state index is 11.9. The molecule has 0 radical (unpaired) electrons. The van der Waals surface area contributed by atoms with Crippen LogP contribution in [-0.4, -0.2) is 48.8 Å². The normalized spacial score (nSPS) is 27.8. The van der Waals surface area contributed by atoms with E-state index in [1.54, 1.807) is 0 Å². The van der Waals surface area contributed by atoms with Gasteiger partial charge >= 0.3 is 5.97 Å². The first-order valence-electron chi connectivity index (χ1n) is 6.64. The minimum absolute atomic E-state index is 0.0874. The first-order chi connectivity index (χ1) is 8.08. The summed E-state index contributed by atoms with van der Waals surface area (Å²) in [5, 5.41) is 0. The maximum Gasteiger partial charge on any atom is 0.323 e. The summed E-state index contributed by atoms with van der Waals surface area (Å²) in [5.41, 5.74) is 0. The Bertz CT molecular complexity index is 235. The van der Waals surface area contributed by atoms with Crippen molar-refractivity contribution in [2.75, 3.05) is 19.7 Å². The van der Waals surface area contributed by atoms with Crippen LogP contribution in [0.15, 0.2) is 0 Å². The van der Waals surface area contributed by atoms with Crippen molar-refractivity contribution in [3.63, 3.8) is 0 Å². The molecule has 4 heteroatoms. The number of ether oxygens (including phenoxy) is 2. The van der Waals surface area contributed by atoms with E-state index in [-0.39, 0.29) is 24.2 Å². The lowest BCUT2D eigenvalue weighted by Crippen LogP contribution is -2.53. The molecule has 0 N–H and O–H groups in total. The van der Waals surface area contributed by atoms with E-state index < -0.39 is 0 Å². The quantitative estimate of drug-likeness (QED) is 0.691. The van der Waals surface area contributed by atoms with Gasteiger partial charge in [0.2, 0.25) is 0 Å². The molecule has 1 rings (SSSR count). The van der Waals surface area contributed by atoms with Gasteiger partial charge in [-0.2, -0.15) is 0 Å². The van der Waals surface area contributed by atoms with Gasteiger partial charge in [0.25, 0.3) is 0 Å². The first kappa shape index (κ1) is 14.5. The fourth-order valence-corrected chi connectivity index (χ4v) is 2.43. The van der Waals surface area contributed by atoms with Crippen LogP contribution in [0.2, 0.25) is 0 Å². The summed E-state index contributed by atoms with van der Waals surface area (Å²) >= 11 is 0. The van der Waals surface area contributed by atoms with E-state index in [0.717, 1.165) is 25.9 Å². The first-order valence-corrected chi connectivity index (χ1v) is 6.64. The molecule has 0 amide bonds. The van der Waals surface area contributed by atoms with Crippen molar-refractivity contribution in [2.45, 2.75) is 58.8 Å². The van der Waals surface area contributed by atoms with E-state index in [0.29, 0.717) is 6.61 Å². The lowest BCUT2D eigenvalue weighted by molar-refractivity contribution is -0.155. The average Bonchev–Trinajstić information content (AvgIpc) is 2.24. The van der Waals surface area contributed by atoms with Gasteiger partial charge in [0, 0.05) is 13.1 Å². The highest BCUT2D eigenvalue weighted by atomic mass is 16.5. The topological polar surface area (TPSA) is 38.8 Å². The number of hydrogen-bond acceptors (Lipinski definition) is 4. The van der Waals surface area contributed by atoms with Crippen LogP contribution in [-0.2, 0) is 14.3 Å². The molecule has 0 aliphatic carbocycles. The molecule has 1 aliphatic heterocycles. The fourth-order valence-electron chi connectivity index (χ4n) is 2.43. The van der Waals surface area contributed by atoms with Crippen LogP contribution in [0.1, 0.15) is 40.5 Å². The van der Waals surface area contributed by atoms with Crippen LogP contribution >= 0.6 is 0 Å². The number of rotatable bonds is 5. The number of carbonyl (C=O) groups is 1. The summed E-state index contributed by atoms with van der Waals surface area (Å²) in [4.78, 5) is 14.1. The van der Waals surface area contributed by atoms with Gasteiger partial charge in [-0.25, -0.2) is 0 Å². The molecule has 1 saturated heterocycles. The fraction of sp³-hybridized carbons (Fsp3) is 0.923. The second-order valence-corrected chi connectivity index (χ2v) is 4.77. The predicted molar refractivity (Wildman–Crippen MR) is 66.9 cm³/mol. The van der Waals surface area contributed by atoms with Crippen LogP contribution < -0.4 is 0 Å². The zero-order valence-electron chi connectivity index (χ0n) is 11.4. The summed E-state index contributed by atoms with van der Waals surface area (Å²) < 4.78 is 10.8. The summed E-state index contributed by atoms with van der Waals surface area (Å²) in [6.45, 7) is 10.1. The van der Waals surface area contributed by atoms with Crippen molar-refractivity contribution < 1.29 is 14.3 Å². The van der Waals surface area contributed by atoms with E-state index in [4.69, 9.17) is 9.47 Å². The van der Waals surface area contributed by atoms with E-state index in [2.05, 4.69) is 25.7 Å². The lowest BCUT2D eigenvalue weighted by Gasteiger charge is -2.39. The molecule has 0 aromatic heterocycles. The Morgan fingerprint density at radius 3 is 2.41 bits per heavy atom. The van der Waals surface area contributed by atoms with E-state index in [1.165, 1.54) is 0 Å². The van der Waals surface area contributed by atoms with Gasteiger partial charge in [0.15, 0.2) is 0 Å². The molecule has 1 aliphatic rings. The van der Waals surface area contributed by atoms with Gasteiger partial charge in [-0.15, -0.1) is 0 Å². The second-order valence-electron chi connectivity index (χ2n) is 4.77. The summed E-state index contributed by atoms with van der Waals surface area (Å²) in [6.07, 6.45) is 2.22. The number of morpholine rings is 1. The van der Waals surface area contributed by atoms with Crippen LogP contribution in [0.25, 0.3) is 0 Å². The SMILES string of the molecule is CCCC(C(=O)OCC)N1CC(C)OC(C)C1. The number of hydrogen-bond donors (Lipinski definition) is 0. The van der Waals surface area contributed by atoms with Gasteiger partial charge in [0.1, 0.15) is 6.04 Å². The predicted octanol–water partition coefficient (Wildman–Crippen LogP) is 1.83. The molecule has 1 fully saturated rings. The number of carbonyl (C=O) groups excluding carboxylic acids is 1. The third-order valence-electron chi connectivity index (χ3n) is 3.01. The van der Waals surface area contributed by atoms with E-state index >= 15 is 0 Å². The van der Waals surface area contributed by atoms with Crippen LogP contribution in [0, 0.1) is 0 Å². The highest BCUT2D eigenvalue weighted by Crippen LogP contribution is 2.17. The second kappa shape index (κ2) is 6.97. The van der Waals surface area contributed by atoms with Crippen LogP contribution in [0.5, 0.6) is 0 Å². The molecule has 0 saturated carbocycles. The summed E-state index contributed by atoms with van der Waals surface area (Å²) in [5.74, 6) is -0.0874. The Morgan fingerprint density at radius 1 is 1.35 bits per heavy atom. The highest BCUT2D eigenvalue weighted by molar-refractivity contribution is 5.75. The molecule has 0 bridgehead atoms. The minimum Gasteiger partial charge on any atom is -0.465 e. The Morgan fingerprint density at radius 2 is 1.94 bits per heavy atom. The zero-order chi connectivity index (χ0) is 12.8. The van der Waals surface area contributed by atoms with Gasteiger partial charge in [0.05, 0.1) is 18.8 Å². The monoisotopic (exact) mass is 243 g/mol. The van der Waals surface area contributed by atoms with Crippen molar-refractivity contribution in [3.8, 4) is 0 Å². The molecule has 100 valence electrons. The molecular weight excluding hydrogens is 218 g/mol.